The number of anilines is 1. The zero-order valence-corrected chi connectivity index (χ0v) is 18.2. The van der Waals surface area contributed by atoms with Crippen molar-refractivity contribution < 1.29 is 13.2 Å². The summed E-state index contributed by atoms with van der Waals surface area (Å²) in [6, 6.07) is 20.7. The van der Waals surface area contributed by atoms with Crippen LogP contribution in [0.4, 0.5) is 5.69 Å². The summed E-state index contributed by atoms with van der Waals surface area (Å²) in [6.45, 7) is 6.13. The second-order valence-electron chi connectivity index (χ2n) is 7.28. The van der Waals surface area contributed by atoms with Gasteiger partial charge >= 0.3 is 0 Å². The number of rotatable bonds is 7. The Labute approximate surface area is 178 Å². The van der Waals surface area contributed by atoms with E-state index in [2.05, 4.69) is 36.0 Å². The van der Waals surface area contributed by atoms with Crippen LogP contribution in [0.15, 0.2) is 77.7 Å². The molecule has 0 spiro atoms. The Hall–Kier alpha value is -3.12. The Morgan fingerprint density at radius 3 is 2.30 bits per heavy atom. The summed E-state index contributed by atoms with van der Waals surface area (Å²) in [5, 5.41) is 3.05. The number of carbonyl (C=O) groups excluding carboxylic acids is 1. The van der Waals surface area contributed by atoms with Crippen molar-refractivity contribution in [2.45, 2.75) is 38.1 Å². The van der Waals surface area contributed by atoms with Crippen LogP contribution in [0.25, 0.3) is 0 Å². The molecule has 0 aliphatic heterocycles. The number of nitrogens with one attached hydrogen (secondary N) is 2. The van der Waals surface area contributed by atoms with Gasteiger partial charge in [0.1, 0.15) is 0 Å². The lowest BCUT2D eigenvalue weighted by Gasteiger charge is -2.19. The second-order valence-corrected chi connectivity index (χ2v) is 8.96. The van der Waals surface area contributed by atoms with Crippen molar-refractivity contribution in [1.82, 2.24) is 5.32 Å². The molecule has 0 bridgehead atoms. The summed E-state index contributed by atoms with van der Waals surface area (Å²) in [5.41, 5.74) is 4.17. The zero-order chi connectivity index (χ0) is 21.7. The van der Waals surface area contributed by atoms with Gasteiger partial charge in [-0.05, 0) is 67.3 Å². The summed E-state index contributed by atoms with van der Waals surface area (Å²) in [7, 11) is -3.72. The van der Waals surface area contributed by atoms with Gasteiger partial charge in [-0.25, -0.2) is 8.42 Å². The van der Waals surface area contributed by atoms with E-state index in [9.17, 15) is 13.2 Å². The first-order valence-corrected chi connectivity index (χ1v) is 11.3. The molecule has 0 heterocycles. The van der Waals surface area contributed by atoms with Crippen LogP contribution in [0.3, 0.4) is 0 Å². The van der Waals surface area contributed by atoms with E-state index in [4.69, 9.17) is 0 Å². The molecule has 3 rings (SSSR count). The Bertz CT molecular complexity index is 1140. The summed E-state index contributed by atoms with van der Waals surface area (Å²) in [6.07, 6.45) is 0.745. The minimum absolute atomic E-state index is 0.124. The number of hydrogen-bond acceptors (Lipinski definition) is 3. The Kier molecular flexibility index (Phi) is 6.57. The van der Waals surface area contributed by atoms with E-state index in [0.29, 0.717) is 11.3 Å². The van der Waals surface area contributed by atoms with E-state index in [0.717, 1.165) is 12.0 Å². The predicted octanol–water partition coefficient (Wildman–Crippen LogP) is 4.99. The third-order valence-corrected chi connectivity index (χ3v) is 6.47. The maximum atomic E-state index is 12.8. The van der Waals surface area contributed by atoms with Crippen LogP contribution in [0.1, 0.15) is 46.4 Å². The molecule has 1 unspecified atom stereocenters. The fraction of sp³-hybridized carbons (Fsp3) is 0.208. The SMILES string of the molecule is CCC(NC(=O)c1cccc(NS(=O)(=O)c2ccccc2)c1)c1ccc(C)c(C)c1. The first-order chi connectivity index (χ1) is 14.3. The largest absolute Gasteiger partial charge is 0.345 e. The van der Waals surface area contributed by atoms with E-state index >= 15 is 0 Å². The van der Waals surface area contributed by atoms with Crippen LogP contribution in [-0.4, -0.2) is 14.3 Å². The normalized spacial score (nSPS) is 12.2. The van der Waals surface area contributed by atoms with Gasteiger partial charge in [-0.3, -0.25) is 9.52 Å². The van der Waals surface area contributed by atoms with Crippen molar-refractivity contribution in [2.24, 2.45) is 0 Å². The molecule has 1 atom stereocenters. The van der Waals surface area contributed by atoms with Crippen LogP contribution < -0.4 is 10.0 Å². The van der Waals surface area contributed by atoms with Crippen LogP contribution in [0.5, 0.6) is 0 Å². The average Bonchev–Trinajstić information content (AvgIpc) is 2.74. The molecule has 5 nitrogen and oxygen atoms in total. The molecule has 0 saturated carbocycles. The molecule has 2 N–H and O–H groups in total. The van der Waals surface area contributed by atoms with Gasteiger partial charge in [0.2, 0.25) is 0 Å². The molecular weight excluding hydrogens is 396 g/mol. The molecule has 30 heavy (non-hydrogen) atoms. The van der Waals surface area contributed by atoms with Gasteiger partial charge in [0.15, 0.2) is 0 Å². The minimum Gasteiger partial charge on any atom is -0.345 e. The number of amides is 1. The molecule has 0 aliphatic rings. The van der Waals surface area contributed by atoms with Gasteiger partial charge in [0.25, 0.3) is 15.9 Å². The summed E-state index contributed by atoms with van der Waals surface area (Å²) in [5.74, 6) is -0.249. The number of aryl methyl sites for hydroxylation is 2. The highest BCUT2D eigenvalue weighted by atomic mass is 32.2. The fourth-order valence-electron chi connectivity index (χ4n) is 3.18. The highest BCUT2D eigenvalue weighted by Gasteiger charge is 2.17. The van der Waals surface area contributed by atoms with E-state index in [1.807, 2.05) is 13.0 Å². The van der Waals surface area contributed by atoms with E-state index < -0.39 is 10.0 Å². The molecular formula is C24H26N2O3S. The summed E-state index contributed by atoms with van der Waals surface area (Å²) in [4.78, 5) is 13.0. The Morgan fingerprint density at radius 1 is 0.900 bits per heavy atom. The molecule has 3 aromatic rings. The molecule has 0 radical (unpaired) electrons. The molecule has 0 fully saturated rings. The van der Waals surface area contributed by atoms with Crippen molar-refractivity contribution in [1.29, 1.82) is 0 Å². The zero-order valence-electron chi connectivity index (χ0n) is 17.3. The number of hydrogen-bond donors (Lipinski definition) is 2. The fourth-order valence-corrected chi connectivity index (χ4v) is 4.25. The Morgan fingerprint density at radius 2 is 1.63 bits per heavy atom. The van der Waals surface area contributed by atoms with Crippen LogP contribution in [0.2, 0.25) is 0 Å². The van der Waals surface area contributed by atoms with Gasteiger partial charge in [0, 0.05) is 11.3 Å². The number of sulfonamides is 1. The van der Waals surface area contributed by atoms with Gasteiger partial charge in [-0.1, -0.05) is 49.4 Å². The smallest absolute Gasteiger partial charge is 0.261 e. The first-order valence-electron chi connectivity index (χ1n) is 9.86. The lowest BCUT2D eigenvalue weighted by molar-refractivity contribution is 0.0935. The maximum absolute atomic E-state index is 12.8. The van der Waals surface area contributed by atoms with Crippen LogP contribution >= 0.6 is 0 Å². The third-order valence-electron chi connectivity index (χ3n) is 5.08. The van der Waals surface area contributed by atoms with Gasteiger partial charge in [-0.15, -0.1) is 0 Å². The lowest BCUT2D eigenvalue weighted by Crippen LogP contribution is -2.28. The standard InChI is InChI=1S/C24H26N2O3S/c1-4-23(19-14-13-17(2)18(3)15-19)25-24(27)20-9-8-10-21(16-20)26-30(28,29)22-11-6-5-7-12-22/h5-16,23,26H,4H2,1-3H3,(H,25,27). The second kappa shape index (κ2) is 9.13. The molecule has 0 saturated heterocycles. The number of benzene rings is 3. The van der Waals surface area contributed by atoms with E-state index in [1.165, 1.54) is 23.3 Å². The molecule has 156 valence electrons. The van der Waals surface area contributed by atoms with Gasteiger partial charge < -0.3 is 5.32 Å². The van der Waals surface area contributed by atoms with E-state index in [1.54, 1.807) is 42.5 Å². The first kappa shape index (κ1) is 21.6. The number of carbonyl (C=O) groups is 1. The monoisotopic (exact) mass is 422 g/mol. The van der Waals surface area contributed by atoms with Crippen LogP contribution in [0, 0.1) is 13.8 Å². The highest BCUT2D eigenvalue weighted by molar-refractivity contribution is 7.92. The van der Waals surface area contributed by atoms with Crippen molar-refractivity contribution in [3.8, 4) is 0 Å². The third kappa shape index (κ3) is 5.07. The predicted molar refractivity (Wildman–Crippen MR) is 120 cm³/mol. The summed E-state index contributed by atoms with van der Waals surface area (Å²) >= 11 is 0. The average molecular weight is 423 g/mol. The molecule has 1 amide bonds. The minimum atomic E-state index is -3.72. The summed E-state index contributed by atoms with van der Waals surface area (Å²) < 4.78 is 27.6. The van der Waals surface area contributed by atoms with Crippen molar-refractivity contribution in [2.75, 3.05) is 4.72 Å². The molecule has 6 heteroatoms. The van der Waals surface area contributed by atoms with Gasteiger partial charge in [-0.2, -0.15) is 0 Å². The van der Waals surface area contributed by atoms with Gasteiger partial charge in [0.05, 0.1) is 10.9 Å². The lowest BCUT2D eigenvalue weighted by atomic mass is 9.99. The molecule has 0 aromatic heterocycles. The quantitative estimate of drug-likeness (QED) is 0.563. The van der Waals surface area contributed by atoms with Crippen molar-refractivity contribution >= 4 is 21.6 Å². The van der Waals surface area contributed by atoms with E-state index in [-0.39, 0.29) is 16.8 Å². The highest BCUT2D eigenvalue weighted by Crippen LogP contribution is 2.22. The van der Waals surface area contributed by atoms with Crippen molar-refractivity contribution in [3.63, 3.8) is 0 Å². The maximum Gasteiger partial charge on any atom is 0.261 e. The van der Waals surface area contributed by atoms with Crippen LogP contribution in [-0.2, 0) is 10.0 Å². The molecule has 0 aliphatic carbocycles. The Balaban J connectivity index is 1.77. The molecule has 3 aromatic carbocycles. The topological polar surface area (TPSA) is 75.3 Å². The van der Waals surface area contributed by atoms with Crippen molar-refractivity contribution in [3.05, 3.63) is 95.1 Å².